The minimum absolute atomic E-state index is 0.135. The Morgan fingerprint density at radius 2 is 1.66 bits per heavy atom. The number of amides is 1. The number of rotatable bonds is 8. The molecule has 3 aromatic rings. The van der Waals surface area contributed by atoms with Crippen molar-refractivity contribution in [1.82, 2.24) is 9.62 Å². The van der Waals surface area contributed by atoms with E-state index < -0.39 is 21.9 Å². The normalized spacial score (nSPS) is 17.5. The number of hydrogen-bond donors (Lipinski definition) is 1. The molecule has 10 heteroatoms. The first-order valence-electron chi connectivity index (χ1n) is 14.3. The highest BCUT2D eigenvalue weighted by Crippen LogP contribution is 2.34. The Bertz CT molecular complexity index is 1490. The Morgan fingerprint density at radius 1 is 0.927 bits per heavy atom. The predicted octanol–water partition coefficient (Wildman–Crippen LogP) is 4.56. The van der Waals surface area contributed by atoms with Crippen LogP contribution in [0.2, 0.25) is 0 Å². The van der Waals surface area contributed by atoms with Crippen molar-refractivity contribution in [3.8, 4) is 0 Å². The maximum absolute atomic E-state index is 14.9. The molecule has 0 bridgehead atoms. The lowest BCUT2D eigenvalue weighted by atomic mass is 9.97. The molecule has 0 radical (unpaired) electrons. The molecule has 3 heterocycles. The number of nitrogens with zero attached hydrogens (tertiary/aromatic N) is 3. The van der Waals surface area contributed by atoms with Crippen LogP contribution in [0.15, 0.2) is 52.9 Å². The summed E-state index contributed by atoms with van der Waals surface area (Å²) in [6.07, 6.45) is 4.55. The van der Waals surface area contributed by atoms with Crippen molar-refractivity contribution >= 4 is 27.3 Å². The Labute approximate surface area is 242 Å². The molecule has 2 fully saturated rings. The minimum Gasteiger partial charge on any atom is -0.464 e. The van der Waals surface area contributed by atoms with Gasteiger partial charge in [-0.3, -0.25) is 4.79 Å². The van der Waals surface area contributed by atoms with Gasteiger partial charge in [0.15, 0.2) is 0 Å². The lowest BCUT2D eigenvalue weighted by molar-refractivity contribution is -0.121. The van der Waals surface area contributed by atoms with E-state index in [0.29, 0.717) is 37.5 Å². The lowest BCUT2D eigenvalue weighted by Gasteiger charge is -2.35. The molecule has 1 aromatic heterocycles. The quantitative estimate of drug-likeness (QED) is 0.419. The topological polar surface area (TPSA) is 86.1 Å². The van der Waals surface area contributed by atoms with Crippen LogP contribution in [-0.4, -0.2) is 64.2 Å². The van der Waals surface area contributed by atoms with Gasteiger partial charge in [-0.05, 0) is 80.6 Å². The van der Waals surface area contributed by atoms with E-state index >= 15 is 0 Å². The summed E-state index contributed by atoms with van der Waals surface area (Å²) in [5.74, 6) is 0.622. The lowest BCUT2D eigenvalue weighted by Crippen LogP contribution is -2.48. The van der Waals surface area contributed by atoms with Gasteiger partial charge in [0.25, 0.3) is 0 Å². The summed E-state index contributed by atoms with van der Waals surface area (Å²) in [6, 6.07) is 14.3. The maximum atomic E-state index is 14.9. The summed E-state index contributed by atoms with van der Waals surface area (Å²) < 4.78 is 46.2. The zero-order valence-electron chi connectivity index (χ0n) is 24.0. The van der Waals surface area contributed by atoms with Gasteiger partial charge in [-0.15, -0.1) is 0 Å². The van der Waals surface area contributed by atoms with Crippen LogP contribution < -0.4 is 15.1 Å². The van der Waals surface area contributed by atoms with Gasteiger partial charge in [0.2, 0.25) is 15.9 Å². The second-order valence-corrected chi connectivity index (χ2v) is 13.1. The number of benzene rings is 2. The predicted molar refractivity (Wildman–Crippen MR) is 159 cm³/mol. The molecular formula is C31H39FN4O4S. The fourth-order valence-electron chi connectivity index (χ4n) is 5.77. The van der Waals surface area contributed by atoms with E-state index in [1.165, 1.54) is 23.0 Å². The van der Waals surface area contributed by atoms with Gasteiger partial charge in [-0.2, -0.15) is 4.31 Å². The standard InChI is InChI=1S/C31H39FN4O4S/c1-22-7-10-26(28(19-22)35-13-5-4-6-14-35)31(29-12-8-23(2)40-29)33-30(37)21-24-20-25(9-11-27(24)32)34-15-17-36(18-16-34)41(3,38)39/h7-12,19-20,31H,4-6,13-18,21H2,1-3H3,(H,33,37). The van der Waals surface area contributed by atoms with E-state index in [4.69, 9.17) is 4.42 Å². The van der Waals surface area contributed by atoms with E-state index in [1.807, 2.05) is 30.0 Å². The monoisotopic (exact) mass is 582 g/mol. The largest absolute Gasteiger partial charge is 0.464 e. The van der Waals surface area contributed by atoms with Crippen molar-refractivity contribution in [1.29, 1.82) is 0 Å². The van der Waals surface area contributed by atoms with E-state index in [1.54, 1.807) is 12.1 Å². The first-order valence-corrected chi connectivity index (χ1v) is 16.1. The zero-order chi connectivity index (χ0) is 29.1. The Hall–Kier alpha value is -3.37. The van der Waals surface area contributed by atoms with Crippen LogP contribution >= 0.6 is 0 Å². The highest BCUT2D eigenvalue weighted by Gasteiger charge is 2.27. The summed E-state index contributed by atoms with van der Waals surface area (Å²) in [6.45, 7) is 7.60. The first kappa shape index (κ1) is 29.1. The number of sulfonamides is 1. The number of piperidine rings is 1. The molecule has 0 aliphatic carbocycles. The second-order valence-electron chi connectivity index (χ2n) is 11.2. The molecule has 1 unspecified atom stereocenters. The number of carbonyl (C=O) groups excluding carboxylic acids is 1. The highest BCUT2D eigenvalue weighted by atomic mass is 32.2. The fourth-order valence-corrected chi connectivity index (χ4v) is 6.60. The molecule has 1 amide bonds. The summed E-state index contributed by atoms with van der Waals surface area (Å²) in [4.78, 5) is 17.9. The second kappa shape index (κ2) is 12.2. The van der Waals surface area contributed by atoms with Gasteiger partial charge in [0.1, 0.15) is 23.4 Å². The third-order valence-electron chi connectivity index (χ3n) is 8.00. The number of halogens is 1. The molecule has 2 aliphatic heterocycles. The van der Waals surface area contributed by atoms with Gasteiger partial charge in [-0.25, -0.2) is 12.8 Å². The van der Waals surface area contributed by atoms with Gasteiger partial charge in [-0.1, -0.05) is 12.1 Å². The van der Waals surface area contributed by atoms with Crippen molar-refractivity contribution in [2.75, 3.05) is 55.3 Å². The van der Waals surface area contributed by atoms with E-state index in [0.717, 1.165) is 54.2 Å². The molecule has 220 valence electrons. The van der Waals surface area contributed by atoms with E-state index in [9.17, 15) is 17.6 Å². The molecule has 1 N–H and O–H groups in total. The van der Waals surface area contributed by atoms with Crippen molar-refractivity contribution < 1.29 is 22.0 Å². The van der Waals surface area contributed by atoms with Crippen LogP contribution in [0.25, 0.3) is 0 Å². The Morgan fingerprint density at radius 3 is 2.32 bits per heavy atom. The number of hydrogen-bond acceptors (Lipinski definition) is 6. The number of carbonyl (C=O) groups is 1. The number of aryl methyl sites for hydroxylation is 2. The average molecular weight is 583 g/mol. The smallest absolute Gasteiger partial charge is 0.225 e. The van der Waals surface area contributed by atoms with Crippen LogP contribution in [0, 0.1) is 19.7 Å². The maximum Gasteiger partial charge on any atom is 0.225 e. The fraction of sp³-hybridized carbons (Fsp3) is 0.452. The molecule has 2 saturated heterocycles. The first-order chi connectivity index (χ1) is 19.6. The van der Waals surface area contributed by atoms with E-state index in [-0.39, 0.29) is 12.3 Å². The van der Waals surface area contributed by atoms with Crippen molar-refractivity contribution in [3.63, 3.8) is 0 Å². The van der Waals surface area contributed by atoms with Crippen LogP contribution in [0.5, 0.6) is 0 Å². The van der Waals surface area contributed by atoms with Gasteiger partial charge in [0.05, 0.1) is 12.7 Å². The number of nitrogens with one attached hydrogen (secondary N) is 1. The molecule has 41 heavy (non-hydrogen) atoms. The summed E-state index contributed by atoms with van der Waals surface area (Å²) in [7, 11) is -3.25. The molecular weight excluding hydrogens is 543 g/mol. The van der Waals surface area contributed by atoms with Crippen molar-refractivity contribution in [2.45, 2.75) is 45.6 Å². The highest BCUT2D eigenvalue weighted by molar-refractivity contribution is 7.88. The Balaban J connectivity index is 1.37. The van der Waals surface area contributed by atoms with Crippen LogP contribution in [0.3, 0.4) is 0 Å². The van der Waals surface area contributed by atoms with Crippen molar-refractivity contribution in [2.24, 2.45) is 0 Å². The van der Waals surface area contributed by atoms with Gasteiger partial charge >= 0.3 is 0 Å². The summed E-state index contributed by atoms with van der Waals surface area (Å²) in [5, 5.41) is 3.15. The molecule has 2 aromatic carbocycles. The molecule has 8 nitrogen and oxygen atoms in total. The van der Waals surface area contributed by atoms with E-state index in [2.05, 4.69) is 29.3 Å². The average Bonchev–Trinajstić information content (AvgIpc) is 3.39. The molecule has 0 spiro atoms. The molecule has 2 aliphatic rings. The molecule has 5 rings (SSSR count). The van der Waals surface area contributed by atoms with Gasteiger partial charge in [0, 0.05) is 56.2 Å². The number of piperazine rings is 1. The van der Waals surface area contributed by atoms with Crippen molar-refractivity contribution in [3.05, 3.63) is 82.6 Å². The minimum atomic E-state index is -3.25. The SMILES string of the molecule is Cc1ccc(C(NC(=O)Cc2cc(N3CCN(S(C)(=O)=O)CC3)ccc2F)c2ccc(C)o2)c(N2CCCCC2)c1. The Kier molecular flexibility index (Phi) is 8.70. The molecule has 1 atom stereocenters. The van der Waals surface area contributed by atoms with Gasteiger partial charge < -0.3 is 19.5 Å². The van der Waals surface area contributed by atoms with Crippen LogP contribution in [-0.2, 0) is 21.2 Å². The summed E-state index contributed by atoms with van der Waals surface area (Å²) in [5.41, 5.74) is 4.25. The summed E-state index contributed by atoms with van der Waals surface area (Å²) >= 11 is 0. The number of anilines is 2. The molecule has 0 saturated carbocycles. The van der Waals surface area contributed by atoms with Crippen LogP contribution in [0.1, 0.15) is 53.5 Å². The zero-order valence-corrected chi connectivity index (χ0v) is 24.8. The number of furan rings is 1. The third-order valence-corrected chi connectivity index (χ3v) is 9.30. The van der Waals surface area contributed by atoms with Crippen LogP contribution in [0.4, 0.5) is 15.8 Å². The third kappa shape index (κ3) is 6.93.